The first-order valence-electron chi connectivity index (χ1n) is 25.0. The minimum Gasteiger partial charge on any atom is -0.472 e. The smallest absolute Gasteiger partial charge is 0.275 e. The second-order valence-corrected chi connectivity index (χ2v) is 22.7. The number of anilines is 3. The predicted octanol–water partition coefficient (Wildman–Crippen LogP) is 8.79. The van der Waals surface area contributed by atoms with Crippen molar-refractivity contribution in [2.45, 2.75) is 141 Å². The quantitative estimate of drug-likeness (QED) is 0.103. The fraction of sp³-hybridized carbons (Fsp3) is 0.462. The highest BCUT2D eigenvalue weighted by Gasteiger charge is 2.62. The molecule has 4 bridgehead atoms. The van der Waals surface area contributed by atoms with Crippen molar-refractivity contribution in [2.24, 2.45) is 0 Å². The van der Waals surface area contributed by atoms with Gasteiger partial charge in [-0.2, -0.15) is 10.1 Å². The molecule has 402 valence electrons. The third kappa shape index (κ3) is 11.6. The Hall–Kier alpha value is -6.76. The lowest BCUT2D eigenvalue weighted by molar-refractivity contribution is 0.0151. The van der Waals surface area contributed by atoms with Gasteiger partial charge in [-0.3, -0.25) is 13.6 Å². The third-order valence-electron chi connectivity index (χ3n) is 12.8. The van der Waals surface area contributed by atoms with E-state index in [0.717, 1.165) is 59.4 Å². The number of nitrogens with one attached hydrogen (secondary N) is 1. The summed E-state index contributed by atoms with van der Waals surface area (Å²) >= 11 is 6.61. The number of nitrogen functional groups attached to an aromatic ring is 2. The van der Waals surface area contributed by atoms with Crippen molar-refractivity contribution >= 4 is 72.0 Å². The van der Waals surface area contributed by atoms with Gasteiger partial charge in [0.1, 0.15) is 14.9 Å². The molecule has 6 aliphatic rings. The third-order valence-corrected chi connectivity index (χ3v) is 13.6. The van der Waals surface area contributed by atoms with E-state index in [9.17, 15) is 4.79 Å². The van der Waals surface area contributed by atoms with Gasteiger partial charge in [0.15, 0.2) is 17.5 Å². The SMILES string of the molecule is CC(C)Oc1nc(Br)cn2cc(C34COC(C)(C3)C4)nc12.CC(C)Oc1nc(Br)cnc1N.CC(C)Oc1nc(NC(=O)c2cccc3ccnn23)cn2cc(C34COC(C)(C3)C4)nc12.CC(C)Oc1nccnc1N. The van der Waals surface area contributed by atoms with Gasteiger partial charge in [-0.15, -0.1) is 0 Å². The molecule has 4 saturated heterocycles. The number of fused-ring (bicyclic) bond motifs is 5. The summed E-state index contributed by atoms with van der Waals surface area (Å²) in [5, 5.41) is 7.12. The van der Waals surface area contributed by atoms with Gasteiger partial charge in [0.25, 0.3) is 29.4 Å². The Bertz CT molecular complexity index is 3380. The Kier molecular flexibility index (Phi) is 15.2. The van der Waals surface area contributed by atoms with E-state index in [1.54, 1.807) is 29.2 Å². The largest absolute Gasteiger partial charge is 0.472 e. The summed E-state index contributed by atoms with van der Waals surface area (Å²) in [5.74, 6) is 2.46. The van der Waals surface area contributed by atoms with Crippen LogP contribution in [0.5, 0.6) is 23.5 Å². The predicted molar refractivity (Wildman–Crippen MR) is 291 cm³/mol. The van der Waals surface area contributed by atoms with Crippen molar-refractivity contribution in [1.82, 2.24) is 58.3 Å². The molecule has 5 N–H and O–H groups in total. The van der Waals surface area contributed by atoms with Crippen LogP contribution in [0.3, 0.4) is 0 Å². The molecule has 6 fully saturated rings. The number of rotatable bonds is 12. The van der Waals surface area contributed by atoms with Gasteiger partial charge in [-0.05, 0) is 145 Å². The number of carbonyl (C=O) groups is 1. The maximum absolute atomic E-state index is 13.0. The molecular formula is C52H63Br2N15O7. The van der Waals surface area contributed by atoms with E-state index in [2.05, 4.69) is 92.2 Å². The van der Waals surface area contributed by atoms with Gasteiger partial charge >= 0.3 is 0 Å². The van der Waals surface area contributed by atoms with Crippen molar-refractivity contribution in [1.29, 1.82) is 0 Å². The van der Waals surface area contributed by atoms with E-state index in [1.807, 2.05) is 94.8 Å². The van der Waals surface area contributed by atoms with Crippen LogP contribution >= 0.6 is 31.9 Å². The van der Waals surface area contributed by atoms with Crippen LogP contribution in [0.1, 0.15) is 117 Å². The zero-order valence-electron chi connectivity index (χ0n) is 44.1. The molecule has 4 aliphatic heterocycles. The van der Waals surface area contributed by atoms with Gasteiger partial charge in [0.05, 0.1) is 84.3 Å². The molecule has 0 spiro atoms. The monoisotopic (exact) mass is 1170 g/mol. The number of ether oxygens (including phenoxy) is 6. The van der Waals surface area contributed by atoms with E-state index in [1.165, 1.54) is 12.4 Å². The second kappa shape index (κ2) is 21.3. The fourth-order valence-electron chi connectivity index (χ4n) is 10.0. The Morgan fingerprint density at radius 2 is 1.13 bits per heavy atom. The van der Waals surface area contributed by atoms with Crippen LogP contribution in [-0.4, -0.2) is 113 Å². The highest BCUT2D eigenvalue weighted by Crippen LogP contribution is 2.59. The van der Waals surface area contributed by atoms with Gasteiger partial charge in [0.2, 0.25) is 11.3 Å². The van der Waals surface area contributed by atoms with E-state index >= 15 is 0 Å². The number of aromatic nitrogens is 12. The van der Waals surface area contributed by atoms with Gasteiger partial charge < -0.3 is 45.2 Å². The molecule has 2 saturated carbocycles. The summed E-state index contributed by atoms with van der Waals surface area (Å²) in [6.07, 6.45) is 18.2. The van der Waals surface area contributed by atoms with Crippen LogP contribution in [0.2, 0.25) is 0 Å². The first kappa shape index (κ1) is 54.0. The number of hydrogen-bond donors (Lipinski definition) is 3. The molecule has 1 amide bonds. The Labute approximate surface area is 456 Å². The molecule has 12 heterocycles. The number of pyridine rings is 1. The van der Waals surface area contributed by atoms with Crippen LogP contribution < -0.4 is 35.7 Å². The maximum Gasteiger partial charge on any atom is 0.275 e. The summed E-state index contributed by atoms with van der Waals surface area (Å²) in [7, 11) is 0. The van der Waals surface area contributed by atoms with Crippen LogP contribution in [0.4, 0.5) is 17.5 Å². The first-order chi connectivity index (χ1) is 36.0. The number of hydrogen-bond acceptors (Lipinski definition) is 18. The Morgan fingerprint density at radius 1 is 0.618 bits per heavy atom. The van der Waals surface area contributed by atoms with E-state index in [0.29, 0.717) is 63.5 Å². The van der Waals surface area contributed by atoms with Gasteiger partial charge in [-0.1, -0.05) is 6.07 Å². The van der Waals surface area contributed by atoms with Crippen molar-refractivity contribution in [2.75, 3.05) is 30.0 Å². The summed E-state index contributed by atoms with van der Waals surface area (Å²) in [6, 6.07) is 7.29. The lowest BCUT2D eigenvalue weighted by Gasteiger charge is -2.41. The minimum absolute atomic E-state index is 0.0298. The molecular weight excluding hydrogens is 1110 g/mol. The van der Waals surface area contributed by atoms with E-state index in [4.69, 9.17) is 49.9 Å². The highest BCUT2D eigenvalue weighted by atomic mass is 79.9. The number of carbonyl (C=O) groups excluding carboxylic acids is 1. The van der Waals surface area contributed by atoms with Crippen LogP contribution in [0.15, 0.2) is 83.0 Å². The number of halogens is 2. The summed E-state index contributed by atoms with van der Waals surface area (Å²) in [5.41, 5.74) is 15.8. The summed E-state index contributed by atoms with van der Waals surface area (Å²) in [4.78, 5) is 47.3. The molecule has 22 nitrogen and oxygen atoms in total. The number of amides is 1. The lowest BCUT2D eigenvalue weighted by Crippen LogP contribution is -2.45. The number of nitrogens with zero attached hydrogens (tertiary/aromatic N) is 12. The summed E-state index contributed by atoms with van der Waals surface area (Å²) < 4.78 is 41.0. The molecule has 2 aliphatic carbocycles. The second-order valence-electron chi connectivity index (χ2n) is 21.1. The molecule has 0 unspecified atom stereocenters. The fourth-order valence-corrected chi connectivity index (χ4v) is 10.7. The van der Waals surface area contributed by atoms with Crippen molar-refractivity contribution in [3.05, 3.63) is 100 Å². The molecule has 0 radical (unpaired) electrons. The van der Waals surface area contributed by atoms with Crippen LogP contribution in [0.25, 0.3) is 16.8 Å². The molecule has 0 atom stereocenters. The molecule has 14 rings (SSSR count). The zero-order valence-corrected chi connectivity index (χ0v) is 47.3. The van der Waals surface area contributed by atoms with E-state index in [-0.39, 0.29) is 52.4 Å². The van der Waals surface area contributed by atoms with E-state index < -0.39 is 0 Å². The van der Waals surface area contributed by atoms with Crippen molar-refractivity contribution < 1.29 is 33.2 Å². The van der Waals surface area contributed by atoms with Crippen LogP contribution in [0, 0.1) is 0 Å². The molecule has 8 aromatic rings. The number of imidazole rings is 2. The lowest BCUT2D eigenvalue weighted by atomic mass is 9.62. The number of nitrogens with two attached hydrogens (primary N) is 2. The first-order valence-corrected chi connectivity index (χ1v) is 26.6. The van der Waals surface area contributed by atoms with Crippen molar-refractivity contribution in [3.8, 4) is 23.5 Å². The van der Waals surface area contributed by atoms with Gasteiger partial charge in [0, 0.05) is 41.8 Å². The van der Waals surface area contributed by atoms with Gasteiger partial charge in [-0.25, -0.2) is 39.4 Å². The molecule has 24 heteroatoms. The summed E-state index contributed by atoms with van der Waals surface area (Å²) in [6.45, 7) is 21.3. The average Bonchev–Trinajstić information content (AvgIpc) is 4.21. The molecule has 76 heavy (non-hydrogen) atoms. The Morgan fingerprint density at radius 3 is 1.68 bits per heavy atom. The van der Waals surface area contributed by atoms with Crippen LogP contribution in [-0.2, 0) is 20.3 Å². The topological polar surface area (TPSA) is 266 Å². The average molecular weight is 1170 g/mol. The normalized spacial score (nSPS) is 21.8. The highest BCUT2D eigenvalue weighted by molar-refractivity contribution is 9.10. The standard InChI is InChI=1S/C23H24N6O3.C15H18BrN3O2.C7H10BrN3O.C7H11N3O/c1-14(2)32-21-19-25-17(23-11-22(3,12-23)31-13-23)9-28(19)10-18(27-21)26-20(30)16-6-4-5-15-7-8-24-29(15)16;1-9(2)21-13-12-17-10(4-19(12)5-11(16)18-13)15-6-14(3,7-15)20-8-15;1-4(2)12-7-6(9)10-3-5(8)11-7;1-5(2)11-7-6(8)9-3-4-10-7/h4-10,14H,11-13H2,1-3H3,(H,26,30);4-5,9H,6-8H2,1-3H3;3-4H,1-2H3,(H2,9,10);3-5H,1-2H3,(H2,8,9). The molecule has 0 aromatic carbocycles. The zero-order chi connectivity index (χ0) is 54.3. The molecule has 8 aromatic heterocycles. The van der Waals surface area contributed by atoms with Crippen molar-refractivity contribution in [3.63, 3.8) is 0 Å². The Balaban J connectivity index is 0.000000137. The minimum atomic E-state index is -0.306. The maximum atomic E-state index is 13.0.